The van der Waals surface area contributed by atoms with Crippen LogP contribution in [0.4, 0.5) is 11.6 Å². The smallest absolute Gasteiger partial charge is 0.251 e. The van der Waals surface area contributed by atoms with E-state index in [-0.39, 0.29) is 5.91 Å². The first kappa shape index (κ1) is 15.7. The van der Waals surface area contributed by atoms with Crippen LogP contribution in [0.5, 0.6) is 0 Å². The number of amides is 1. The molecule has 0 saturated heterocycles. The molecule has 0 aliphatic heterocycles. The Labute approximate surface area is 146 Å². The predicted octanol–water partition coefficient (Wildman–Crippen LogP) is 4.37. The Balaban J connectivity index is 1.41. The van der Waals surface area contributed by atoms with Crippen molar-refractivity contribution in [1.82, 2.24) is 15.3 Å². The Kier molecular flexibility index (Phi) is 4.37. The van der Waals surface area contributed by atoms with Gasteiger partial charge in [-0.3, -0.25) is 4.79 Å². The highest BCUT2D eigenvalue weighted by Gasteiger charge is 2.16. The fourth-order valence-electron chi connectivity index (χ4n) is 3.37. The van der Waals surface area contributed by atoms with Crippen molar-refractivity contribution in [3.05, 3.63) is 54.1 Å². The number of benzene rings is 2. The van der Waals surface area contributed by atoms with E-state index in [0.29, 0.717) is 17.6 Å². The van der Waals surface area contributed by atoms with E-state index in [2.05, 4.69) is 20.6 Å². The average molecular weight is 334 g/mol. The third-order valence-corrected chi connectivity index (χ3v) is 4.74. The number of hydrogen-bond acceptors (Lipinski definition) is 3. The normalized spacial score (nSPS) is 15.2. The summed E-state index contributed by atoms with van der Waals surface area (Å²) >= 11 is 0. The topological polar surface area (TPSA) is 69.8 Å². The van der Waals surface area contributed by atoms with E-state index in [1.54, 1.807) is 0 Å². The molecule has 1 aliphatic rings. The lowest BCUT2D eigenvalue weighted by molar-refractivity contribution is 0.0928. The summed E-state index contributed by atoms with van der Waals surface area (Å²) in [5.41, 5.74) is 3.51. The molecule has 0 atom stereocenters. The largest absolute Gasteiger partial charge is 0.349 e. The number of aromatic amines is 1. The zero-order valence-corrected chi connectivity index (χ0v) is 14.1. The highest BCUT2D eigenvalue weighted by Crippen LogP contribution is 2.20. The van der Waals surface area contributed by atoms with Crippen molar-refractivity contribution in [3.8, 4) is 0 Å². The van der Waals surface area contributed by atoms with Crippen molar-refractivity contribution in [2.75, 3.05) is 5.32 Å². The second-order valence-electron chi connectivity index (χ2n) is 6.61. The van der Waals surface area contributed by atoms with E-state index >= 15 is 0 Å². The molecule has 0 bridgehead atoms. The number of H-pyrrole nitrogens is 1. The van der Waals surface area contributed by atoms with Crippen LogP contribution >= 0.6 is 0 Å². The lowest BCUT2D eigenvalue weighted by Crippen LogP contribution is -2.36. The van der Waals surface area contributed by atoms with Crippen LogP contribution in [0.3, 0.4) is 0 Å². The zero-order chi connectivity index (χ0) is 17.1. The molecule has 2 aromatic carbocycles. The van der Waals surface area contributed by atoms with Gasteiger partial charge >= 0.3 is 0 Å². The number of carbonyl (C=O) groups is 1. The molecule has 128 valence electrons. The summed E-state index contributed by atoms with van der Waals surface area (Å²) in [7, 11) is 0. The third kappa shape index (κ3) is 3.65. The SMILES string of the molecule is O=C(NC1CCCCC1)c1ccc(Nc2nc3ccccc3[nH]2)cc1. The fraction of sp³-hybridized carbons (Fsp3) is 0.300. The number of imidazole rings is 1. The molecule has 5 heteroatoms. The number of aromatic nitrogens is 2. The van der Waals surface area contributed by atoms with Crippen LogP contribution < -0.4 is 10.6 Å². The van der Waals surface area contributed by atoms with Gasteiger partial charge in [-0.25, -0.2) is 4.98 Å². The van der Waals surface area contributed by atoms with Gasteiger partial charge in [-0.2, -0.15) is 0 Å². The van der Waals surface area contributed by atoms with Crippen molar-refractivity contribution in [1.29, 1.82) is 0 Å². The van der Waals surface area contributed by atoms with Crippen molar-refractivity contribution < 1.29 is 4.79 Å². The quantitative estimate of drug-likeness (QED) is 0.663. The molecule has 1 aromatic heterocycles. The van der Waals surface area contributed by atoms with Gasteiger partial charge in [0.15, 0.2) is 0 Å². The van der Waals surface area contributed by atoms with Gasteiger partial charge in [-0.1, -0.05) is 31.4 Å². The van der Waals surface area contributed by atoms with Gasteiger partial charge < -0.3 is 15.6 Å². The number of carbonyl (C=O) groups excluding carboxylic acids is 1. The summed E-state index contributed by atoms with van der Waals surface area (Å²) in [6, 6.07) is 15.7. The van der Waals surface area contributed by atoms with Crippen LogP contribution in [0.1, 0.15) is 42.5 Å². The molecule has 5 nitrogen and oxygen atoms in total. The van der Waals surface area contributed by atoms with Crippen LogP contribution in [0, 0.1) is 0 Å². The van der Waals surface area contributed by atoms with Gasteiger partial charge in [-0.05, 0) is 49.2 Å². The molecule has 1 saturated carbocycles. The van der Waals surface area contributed by atoms with Gasteiger partial charge in [0, 0.05) is 17.3 Å². The number of fused-ring (bicyclic) bond motifs is 1. The number of hydrogen-bond donors (Lipinski definition) is 3. The number of nitrogens with one attached hydrogen (secondary N) is 3. The Bertz CT molecular complexity index is 830. The van der Waals surface area contributed by atoms with Gasteiger partial charge in [0.2, 0.25) is 5.95 Å². The van der Waals surface area contributed by atoms with Gasteiger partial charge in [-0.15, -0.1) is 0 Å². The van der Waals surface area contributed by atoms with Gasteiger partial charge in [0.05, 0.1) is 11.0 Å². The highest BCUT2D eigenvalue weighted by molar-refractivity contribution is 5.94. The molecule has 0 spiro atoms. The standard InChI is InChI=1S/C20H22N4O/c25-19(21-15-6-2-1-3-7-15)14-10-12-16(13-11-14)22-20-23-17-8-4-5-9-18(17)24-20/h4-5,8-13,15H,1-3,6-7H2,(H,21,25)(H2,22,23,24). The summed E-state index contributed by atoms with van der Waals surface area (Å²) in [6.45, 7) is 0. The highest BCUT2D eigenvalue weighted by atomic mass is 16.1. The first-order chi connectivity index (χ1) is 12.3. The monoisotopic (exact) mass is 334 g/mol. The van der Waals surface area contributed by atoms with Crippen LogP contribution in [-0.2, 0) is 0 Å². The van der Waals surface area contributed by atoms with E-state index in [9.17, 15) is 4.79 Å². The number of rotatable bonds is 4. The molecule has 0 unspecified atom stereocenters. The number of nitrogens with zero attached hydrogens (tertiary/aromatic N) is 1. The maximum atomic E-state index is 12.3. The van der Waals surface area contributed by atoms with Crippen LogP contribution in [0.2, 0.25) is 0 Å². The molecule has 1 heterocycles. The van der Waals surface area contributed by atoms with E-state index in [1.807, 2.05) is 48.5 Å². The van der Waals surface area contributed by atoms with Crippen molar-refractivity contribution in [3.63, 3.8) is 0 Å². The minimum atomic E-state index is 0.0159. The second-order valence-corrected chi connectivity index (χ2v) is 6.61. The van der Waals surface area contributed by atoms with Crippen LogP contribution in [-0.4, -0.2) is 21.9 Å². The Morgan fingerprint density at radius 2 is 1.76 bits per heavy atom. The maximum absolute atomic E-state index is 12.3. The number of anilines is 2. The summed E-state index contributed by atoms with van der Waals surface area (Å²) in [6.07, 6.45) is 5.90. The molecule has 4 rings (SSSR count). The van der Waals surface area contributed by atoms with Crippen molar-refractivity contribution >= 4 is 28.6 Å². The van der Waals surface area contributed by atoms with E-state index in [1.165, 1.54) is 19.3 Å². The molecule has 3 aromatic rings. The Morgan fingerprint density at radius 1 is 1.00 bits per heavy atom. The zero-order valence-electron chi connectivity index (χ0n) is 14.1. The Morgan fingerprint density at radius 3 is 2.52 bits per heavy atom. The minimum Gasteiger partial charge on any atom is -0.349 e. The minimum absolute atomic E-state index is 0.0159. The summed E-state index contributed by atoms with van der Waals surface area (Å²) in [5.74, 6) is 0.711. The van der Waals surface area contributed by atoms with E-state index < -0.39 is 0 Å². The molecule has 3 N–H and O–H groups in total. The van der Waals surface area contributed by atoms with E-state index in [0.717, 1.165) is 29.6 Å². The first-order valence-corrected chi connectivity index (χ1v) is 8.91. The van der Waals surface area contributed by atoms with E-state index in [4.69, 9.17) is 0 Å². The molecular formula is C20H22N4O. The predicted molar refractivity (Wildman–Crippen MR) is 100 cm³/mol. The number of para-hydroxylation sites is 2. The van der Waals surface area contributed by atoms with Crippen LogP contribution in [0.25, 0.3) is 11.0 Å². The van der Waals surface area contributed by atoms with Crippen molar-refractivity contribution in [2.45, 2.75) is 38.1 Å². The Hall–Kier alpha value is -2.82. The second kappa shape index (κ2) is 6.97. The van der Waals surface area contributed by atoms with Crippen LogP contribution in [0.15, 0.2) is 48.5 Å². The average Bonchev–Trinajstić information content (AvgIpc) is 3.05. The molecule has 1 aliphatic carbocycles. The lowest BCUT2D eigenvalue weighted by atomic mass is 9.95. The summed E-state index contributed by atoms with van der Waals surface area (Å²) < 4.78 is 0. The third-order valence-electron chi connectivity index (χ3n) is 4.74. The molecule has 0 radical (unpaired) electrons. The fourth-order valence-corrected chi connectivity index (χ4v) is 3.37. The molecule has 1 amide bonds. The molecule has 25 heavy (non-hydrogen) atoms. The lowest BCUT2D eigenvalue weighted by Gasteiger charge is -2.22. The summed E-state index contributed by atoms with van der Waals surface area (Å²) in [4.78, 5) is 20.1. The molecular weight excluding hydrogens is 312 g/mol. The van der Waals surface area contributed by atoms with Gasteiger partial charge in [0.25, 0.3) is 5.91 Å². The molecule has 1 fully saturated rings. The summed E-state index contributed by atoms with van der Waals surface area (Å²) in [5, 5.41) is 6.39. The van der Waals surface area contributed by atoms with Crippen molar-refractivity contribution in [2.24, 2.45) is 0 Å². The maximum Gasteiger partial charge on any atom is 0.251 e. The van der Waals surface area contributed by atoms with Gasteiger partial charge in [0.1, 0.15) is 0 Å². The first-order valence-electron chi connectivity index (χ1n) is 8.91.